The van der Waals surface area contributed by atoms with Crippen LogP contribution in [0, 0.1) is 0 Å². The van der Waals surface area contributed by atoms with Crippen LogP contribution < -0.4 is 37.7 Å². The van der Waals surface area contributed by atoms with Crippen molar-refractivity contribution in [2.24, 2.45) is 0 Å². The van der Waals surface area contributed by atoms with Crippen molar-refractivity contribution in [1.29, 1.82) is 0 Å². The maximum absolute atomic E-state index is 8.67. The summed E-state index contributed by atoms with van der Waals surface area (Å²) in [6.07, 6.45) is 0. The minimum atomic E-state index is -3.11. The minimum absolute atomic E-state index is 0. The summed E-state index contributed by atoms with van der Waals surface area (Å²) in [7, 11) is 0. The van der Waals surface area contributed by atoms with Gasteiger partial charge in [-0.3, -0.25) is 22.4 Å². The molecule has 0 saturated carbocycles. The van der Waals surface area contributed by atoms with Crippen LogP contribution >= 0.6 is 0 Å². The standard InChI is InChI=1S/2Li.3H2O3S/c;;3*1-4(2)3/h;;3*(H2,1,2,3)/q2*+1;;;/p-2. The fraction of sp³-hybridized carbons (Fsp3) is 0. The van der Waals surface area contributed by atoms with Gasteiger partial charge in [-0.2, -0.15) is 8.42 Å². The van der Waals surface area contributed by atoms with Crippen LogP contribution in [-0.4, -0.2) is 39.9 Å². The van der Waals surface area contributed by atoms with E-state index in [4.69, 9.17) is 39.9 Å². The van der Waals surface area contributed by atoms with Gasteiger partial charge in [0.05, 0.1) is 0 Å². The Bertz CT molecular complexity index is 116. The van der Waals surface area contributed by atoms with Gasteiger partial charge in [0.1, 0.15) is 0 Å². The van der Waals surface area contributed by atoms with Crippen molar-refractivity contribution in [2.45, 2.75) is 0 Å². The molecule has 0 aromatic rings. The van der Waals surface area contributed by atoms with Gasteiger partial charge in [0, 0.05) is 0 Å². The fourth-order valence-electron chi connectivity index (χ4n) is 0. The largest absolute Gasteiger partial charge is 1.00 e. The molecule has 0 heterocycles. The maximum Gasteiger partial charge on any atom is 1.00 e. The second-order valence-electron chi connectivity index (χ2n) is 0.666. The van der Waals surface area contributed by atoms with Crippen molar-refractivity contribution in [2.75, 3.05) is 0 Å². The van der Waals surface area contributed by atoms with E-state index in [0.717, 1.165) is 0 Å². The molecule has 0 radical (unpaired) electrons. The molecular weight excluding hydrogens is 254 g/mol. The monoisotopic (exact) mass is 258 g/mol. The van der Waals surface area contributed by atoms with Crippen LogP contribution in [0.4, 0.5) is 0 Å². The van der Waals surface area contributed by atoms with E-state index in [0.29, 0.717) is 0 Å². The molecule has 0 aromatic heterocycles. The van der Waals surface area contributed by atoms with Crippen LogP contribution in [0.5, 0.6) is 0 Å². The Balaban J connectivity index is -0.0000000270. The first kappa shape index (κ1) is 29.5. The van der Waals surface area contributed by atoms with E-state index >= 15 is 0 Å². The average molecular weight is 258 g/mol. The molecule has 0 aliphatic carbocycles. The SMILES string of the molecule is O=S(O)O.O=S(O)O.O=S([O-])[O-].[Li+].[Li+]. The van der Waals surface area contributed by atoms with E-state index in [-0.39, 0.29) is 37.7 Å². The van der Waals surface area contributed by atoms with Crippen LogP contribution in [0.3, 0.4) is 0 Å². The molecular formula is H4Li2O9S3. The van der Waals surface area contributed by atoms with Crippen molar-refractivity contribution in [3.63, 3.8) is 0 Å². The van der Waals surface area contributed by atoms with E-state index in [1.165, 1.54) is 0 Å². The van der Waals surface area contributed by atoms with Gasteiger partial charge >= 0.3 is 37.7 Å². The fourth-order valence-corrected chi connectivity index (χ4v) is 0. The molecule has 0 amide bonds. The van der Waals surface area contributed by atoms with E-state index in [9.17, 15) is 0 Å². The van der Waals surface area contributed by atoms with E-state index in [1.807, 2.05) is 0 Å². The Morgan fingerprint density at radius 3 is 0.714 bits per heavy atom. The molecule has 78 valence electrons. The van der Waals surface area contributed by atoms with Gasteiger partial charge in [0.15, 0.2) is 0 Å². The van der Waals surface area contributed by atoms with Gasteiger partial charge < -0.3 is 9.11 Å². The van der Waals surface area contributed by atoms with Gasteiger partial charge in [-0.1, -0.05) is 0 Å². The molecule has 0 aromatic carbocycles. The van der Waals surface area contributed by atoms with Crippen molar-refractivity contribution < 1.29 is 77.7 Å². The van der Waals surface area contributed by atoms with Crippen molar-refractivity contribution in [1.82, 2.24) is 0 Å². The van der Waals surface area contributed by atoms with E-state index < -0.39 is 34.1 Å². The molecule has 0 saturated heterocycles. The zero-order valence-corrected chi connectivity index (χ0v) is 9.50. The molecule has 0 aliphatic rings. The minimum Gasteiger partial charge on any atom is -0.784 e. The normalized spacial score (nSPS) is 7.50. The second kappa shape index (κ2) is 23.9. The summed E-state index contributed by atoms with van der Waals surface area (Å²) >= 11 is -8.33. The molecule has 9 nitrogen and oxygen atoms in total. The summed E-state index contributed by atoms with van der Waals surface area (Å²) in [5, 5.41) is 0. The predicted molar refractivity (Wildman–Crippen MR) is 36.5 cm³/mol. The van der Waals surface area contributed by atoms with Gasteiger partial charge in [-0.05, 0) is 0 Å². The smallest absolute Gasteiger partial charge is 0.784 e. The zero-order chi connectivity index (χ0) is 10.7. The van der Waals surface area contributed by atoms with E-state index in [1.54, 1.807) is 0 Å². The number of hydrogen-bond donors (Lipinski definition) is 4. The zero-order valence-electron chi connectivity index (χ0n) is 7.05. The molecule has 4 N–H and O–H groups in total. The Morgan fingerprint density at radius 1 is 0.714 bits per heavy atom. The van der Waals surface area contributed by atoms with Crippen molar-refractivity contribution in [3.05, 3.63) is 0 Å². The molecule has 14 heavy (non-hydrogen) atoms. The summed E-state index contributed by atoms with van der Waals surface area (Å²) in [5.41, 5.74) is 0. The molecule has 14 heteroatoms. The van der Waals surface area contributed by atoms with Crippen LogP contribution in [0.2, 0.25) is 0 Å². The van der Waals surface area contributed by atoms with Gasteiger partial charge in [0.2, 0.25) is 0 Å². The van der Waals surface area contributed by atoms with Crippen LogP contribution in [0.1, 0.15) is 0 Å². The molecule has 0 bridgehead atoms. The molecule has 0 atom stereocenters. The molecule has 0 rings (SSSR count). The predicted octanol–water partition coefficient (Wildman–Crippen LogP) is -7.63. The summed E-state index contributed by atoms with van der Waals surface area (Å²) < 4.78 is 71.0. The summed E-state index contributed by atoms with van der Waals surface area (Å²) in [4.78, 5) is 0. The first-order valence-electron chi connectivity index (χ1n) is 1.56. The van der Waals surface area contributed by atoms with Crippen LogP contribution in [0.25, 0.3) is 0 Å². The summed E-state index contributed by atoms with van der Waals surface area (Å²) in [6.45, 7) is 0. The molecule has 0 unspecified atom stereocenters. The van der Waals surface area contributed by atoms with Crippen molar-refractivity contribution >= 4 is 34.1 Å². The third-order valence-electron chi connectivity index (χ3n) is 0. The second-order valence-corrected chi connectivity index (χ2v) is 2.00. The van der Waals surface area contributed by atoms with Crippen LogP contribution in [-0.2, 0) is 34.1 Å². The average Bonchev–Trinajstić information content (AvgIpc) is 1.54. The van der Waals surface area contributed by atoms with Gasteiger partial charge in [0.25, 0.3) is 22.7 Å². The number of rotatable bonds is 0. The Morgan fingerprint density at radius 2 is 0.714 bits per heavy atom. The first-order chi connectivity index (χ1) is 5.20. The maximum atomic E-state index is 8.67. The Hall–Kier alpha value is 1.40. The quantitative estimate of drug-likeness (QED) is 0.242. The summed E-state index contributed by atoms with van der Waals surface area (Å²) in [5.74, 6) is 0. The van der Waals surface area contributed by atoms with Crippen molar-refractivity contribution in [3.8, 4) is 0 Å². The Labute approximate surface area is 111 Å². The molecule has 0 fully saturated rings. The topological polar surface area (TPSA) is 178 Å². The number of hydrogen-bond acceptors (Lipinski definition) is 5. The van der Waals surface area contributed by atoms with Gasteiger partial charge in [-0.15, -0.1) is 11.4 Å². The van der Waals surface area contributed by atoms with Gasteiger partial charge in [-0.25, -0.2) is 0 Å². The molecule has 0 spiro atoms. The third-order valence-corrected chi connectivity index (χ3v) is 0. The molecule has 0 aliphatic heterocycles. The summed E-state index contributed by atoms with van der Waals surface area (Å²) in [6, 6.07) is 0. The third kappa shape index (κ3) is 1050. The first-order valence-corrected chi connectivity index (χ1v) is 4.69. The van der Waals surface area contributed by atoms with E-state index in [2.05, 4.69) is 0 Å². The van der Waals surface area contributed by atoms with Crippen LogP contribution in [0.15, 0.2) is 0 Å². The Kier molecular flexibility index (Phi) is 50.4.